The number of carbonyl (C=O) groups excluding carboxylic acids is 2. The molecule has 1 aromatic carbocycles. The summed E-state index contributed by atoms with van der Waals surface area (Å²) in [5, 5.41) is 0. The van der Waals surface area contributed by atoms with Crippen molar-refractivity contribution in [3.63, 3.8) is 0 Å². The van der Waals surface area contributed by atoms with Crippen LogP contribution >= 0.6 is 0 Å². The third-order valence-corrected chi connectivity index (χ3v) is 6.07. The van der Waals surface area contributed by atoms with Gasteiger partial charge < -0.3 is 14.2 Å². The Kier molecular flexibility index (Phi) is 13.3. The molecule has 1 aliphatic carbocycles. The summed E-state index contributed by atoms with van der Waals surface area (Å²) in [6, 6.07) is 10.2. The van der Waals surface area contributed by atoms with Crippen LogP contribution in [0.25, 0.3) is 0 Å². The van der Waals surface area contributed by atoms with Crippen molar-refractivity contribution >= 4 is 11.9 Å². The molecule has 0 fully saturated rings. The molecule has 34 heavy (non-hydrogen) atoms. The van der Waals surface area contributed by atoms with Crippen LogP contribution in [0.3, 0.4) is 0 Å². The normalized spacial score (nSPS) is 19.2. The van der Waals surface area contributed by atoms with Gasteiger partial charge in [0.2, 0.25) is 5.60 Å². The van der Waals surface area contributed by atoms with Gasteiger partial charge in [-0.15, -0.1) is 0 Å². The highest BCUT2D eigenvalue weighted by Crippen LogP contribution is 2.30. The Morgan fingerprint density at radius 2 is 1.29 bits per heavy atom. The van der Waals surface area contributed by atoms with Crippen LogP contribution in [0.1, 0.15) is 89.5 Å². The van der Waals surface area contributed by atoms with Gasteiger partial charge >= 0.3 is 11.9 Å². The van der Waals surface area contributed by atoms with Crippen molar-refractivity contribution in [3.8, 4) is 0 Å². The lowest BCUT2D eigenvalue weighted by Crippen LogP contribution is -2.41. The van der Waals surface area contributed by atoms with Crippen LogP contribution in [-0.4, -0.2) is 37.4 Å². The van der Waals surface area contributed by atoms with Crippen molar-refractivity contribution in [2.75, 3.05) is 19.8 Å². The molecule has 2 rings (SSSR count). The van der Waals surface area contributed by atoms with E-state index in [1.807, 2.05) is 49.4 Å². The number of benzene rings is 1. The smallest absolute Gasteiger partial charge is 0.346 e. The van der Waals surface area contributed by atoms with E-state index in [0.29, 0.717) is 19.8 Å². The van der Waals surface area contributed by atoms with E-state index in [1.54, 1.807) is 0 Å². The van der Waals surface area contributed by atoms with Gasteiger partial charge in [0.1, 0.15) is 0 Å². The fourth-order valence-corrected chi connectivity index (χ4v) is 4.12. The third kappa shape index (κ3) is 10.3. The zero-order chi connectivity index (χ0) is 24.5. The zero-order valence-electron chi connectivity index (χ0n) is 21.0. The number of hydrogen-bond acceptors (Lipinski definition) is 5. The van der Waals surface area contributed by atoms with Gasteiger partial charge in [0.15, 0.2) is 0 Å². The summed E-state index contributed by atoms with van der Waals surface area (Å²) >= 11 is 0. The summed E-state index contributed by atoms with van der Waals surface area (Å²) in [5.41, 5.74) is 0.0750. The molecule has 0 N–H and O–H groups in total. The van der Waals surface area contributed by atoms with Crippen LogP contribution in [0.4, 0.5) is 0 Å². The van der Waals surface area contributed by atoms with Gasteiger partial charge in [-0.2, -0.15) is 0 Å². The molecule has 5 nitrogen and oxygen atoms in total. The van der Waals surface area contributed by atoms with Crippen molar-refractivity contribution in [2.24, 2.45) is 0 Å². The Morgan fingerprint density at radius 3 is 1.82 bits per heavy atom. The minimum atomic E-state index is -1.11. The molecular weight excluding hydrogens is 428 g/mol. The highest BCUT2D eigenvalue weighted by Gasteiger charge is 2.38. The van der Waals surface area contributed by atoms with E-state index in [9.17, 15) is 9.59 Å². The summed E-state index contributed by atoms with van der Waals surface area (Å²) < 4.78 is 16.4. The monoisotopic (exact) mass is 470 g/mol. The van der Waals surface area contributed by atoms with Crippen LogP contribution in [0.2, 0.25) is 0 Å². The highest BCUT2D eigenvalue weighted by molar-refractivity contribution is 5.85. The Hall–Kier alpha value is -2.40. The number of hydrogen-bond donors (Lipinski definition) is 0. The maximum Gasteiger partial charge on any atom is 0.346 e. The Morgan fingerprint density at radius 1 is 0.765 bits per heavy atom. The van der Waals surface area contributed by atoms with Gasteiger partial charge in [0.25, 0.3) is 0 Å². The highest BCUT2D eigenvalue weighted by atomic mass is 16.6. The minimum absolute atomic E-state index is 0.140. The molecule has 0 aliphatic heterocycles. The van der Waals surface area contributed by atoms with Gasteiger partial charge in [-0.05, 0) is 37.5 Å². The van der Waals surface area contributed by atoms with Gasteiger partial charge in [-0.3, -0.25) is 4.79 Å². The maximum atomic E-state index is 12.7. The Labute approximate surface area is 205 Å². The Bertz CT molecular complexity index is 754. The molecule has 5 heteroatoms. The summed E-state index contributed by atoms with van der Waals surface area (Å²) in [6.45, 7) is 4.69. The zero-order valence-corrected chi connectivity index (χ0v) is 21.0. The number of rotatable bonds is 17. The molecule has 0 amide bonds. The molecule has 0 spiro atoms. The topological polar surface area (TPSA) is 61.8 Å². The molecule has 0 atom stereocenters. The largest absolute Gasteiger partial charge is 0.466 e. The molecule has 0 bridgehead atoms. The fraction of sp³-hybridized carbons (Fsp3) is 0.586. The predicted molar refractivity (Wildman–Crippen MR) is 136 cm³/mol. The summed E-state index contributed by atoms with van der Waals surface area (Å²) in [4.78, 5) is 23.4. The van der Waals surface area contributed by atoms with Crippen molar-refractivity contribution < 1.29 is 23.8 Å². The second kappa shape index (κ2) is 16.3. The van der Waals surface area contributed by atoms with Crippen molar-refractivity contribution in [1.29, 1.82) is 0 Å². The van der Waals surface area contributed by atoms with E-state index in [-0.39, 0.29) is 17.9 Å². The van der Waals surface area contributed by atoms with Gasteiger partial charge in [0.05, 0.1) is 13.2 Å². The van der Waals surface area contributed by atoms with Crippen LogP contribution in [0.15, 0.2) is 54.6 Å². The quantitative estimate of drug-likeness (QED) is 0.144. The van der Waals surface area contributed by atoms with Crippen molar-refractivity contribution in [1.82, 2.24) is 0 Å². The third-order valence-electron chi connectivity index (χ3n) is 6.07. The first kappa shape index (κ1) is 27.8. The first-order valence-electron chi connectivity index (χ1n) is 13.0. The van der Waals surface area contributed by atoms with E-state index >= 15 is 0 Å². The standard InChI is InChI=1S/C29H42O5/c1-3-32-28(31)29(21-19-27(20-22-29)26-17-13-12-14-18-26)34-24-16-11-9-7-5-4-6-8-10-15-23-33-25(2)30/h12-14,17-22,27H,3-11,15-16,23-24H2,1-2H3. The van der Waals surface area contributed by atoms with Crippen LogP contribution in [0.5, 0.6) is 0 Å². The fourth-order valence-electron chi connectivity index (χ4n) is 4.12. The SMILES string of the molecule is CCOC(=O)C1(OCCCCCCCCCCCCOC(C)=O)C=CC(c2ccccc2)C=C1. The maximum absolute atomic E-state index is 12.7. The molecule has 0 unspecified atom stereocenters. The van der Waals surface area contributed by atoms with Crippen LogP contribution in [0, 0.1) is 0 Å². The van der Waals surface area contributed by atoms with Gasteiger partial charge in [-0.1, -0.05) is 93.9 Å². The number of carbonyl (C=O) groups is 2. The molecule has 1 aliphatic rings. The molecular formula is C29H42O5. The number of unbranched alkanes of at least 4 members (excludes halogenated alkanes) is 9. The first-order valence-corrected chi connectivity index (χ1v) is 13.0. The number of allylic oxidation sites excluding steroid dienone is 2. The minimum Gasteiger partial charge on any atom is -0.466 e. The first-order chi connectivity index (χ1) is 16.6. The van der Waals surface area contributed by atoms with Crippen LogP contribution < -0.4 is 0 Å². The van der Waals surface area contributed by atoms with Crippen molar-refractivity contribution in [2.45, 2.75) is 89.6 Å². The average molecular weight is 471 g/mol. The van der Waals surface area contributed by atoms with Crippen molar-refractivity contribution in [3.05, 3.63) is 60.2 Å². The summed E-state index contributed by atoms with van der Waals surface area (Å²) in [7, 11) is 0. The van der Waals surface area contributed by atoms with E-state index in [4.69, 9.17) is 14.2 Å². The summed E-state index contributed by atoms with van der Waals surface area (Å²) in [5.74, 6) is -0.395. The molecule has 1 aromatic rings. The second-order valence-electron chi connectivity index (χ2n) is 8.89. The lowest BCUT2D eigenvalue weighted by molar-refractivity contribution is -0.160. The Balaban J connectivity index is 1.60. The molecule has 0 aromatic heterocycles. The predicted octanol–water partition coefficient (Wildman–Crippen LogP) is 6.68. The number of esters is 2. The lowest BCUT2D eigenvalue weighted by atomic mass is 9.88. The van der Waals surface area contributed by atoms with E-state index < -0.39 is 5.60 Å². The number of ether oxygens (including phenoxy) is 3. The lowest BCUT2D eigenvalue weighted by Gasteiger charge is -2.29. The van der Waals surface area contributed by atoms with Gasteiger partial charge in [0, 0.05) is 19.4 Å². The van der Waals surface area contributed by atoms with E-state index in [2.05, 4.69) is 12.1 Å². The molecule has 0 saturated heterocycles. The second-order valence-corrected chi connectivity index (χ2v) is 8.89. The average Bonchev–Trinajstić information content (AvgIpc) is 2.85. The molecule has 188 valence electrons. The summed E-state index contributed by atoms with van der Waals surface area (Å²) in [6.07, 6.45) is 19.3. The van der Waals surface area contributed by atoms with Gasteiger partial charge in [-0.25, -0.2) is 4.79 Å². The van der Waals surface area contributed by atoms with E-state index in [1.165, 1.54) is 51.0 Å². The van der Waals surface area contributed by atoms with E-state index in [0.717, 1.165) is 25.7 Å². The molecule has 0 radical (unpaired) electrons. The van der Waals surface area contributed by atoms with Crippen LogP contribution in [-0.2, 0) is 23.8 Å². The molecule has 0 heterocycles. The molecule has 0 saturated carbocycles.